The van der Waals surface area contributed by atoms with Gasteiger partial charge < -0.3 is 4.98 Å². The van der Waals surface area contributed by atoms with Crippen LogP contribution in [-0.2, 0) is 12.8 Å². The van der Waals surface area contributed by atoms with E-state index in [0.717, 1.165) is 47.1 Å². The van der Waals surface area contributed by atoms with Crippen molar-refractivity contribution in [3.8, 4) is 11.5 Å². The van der Waals surface area contributed by atoms with Gasteiger partial charge in [-0.3, -0.25) is 4.79 Å². The van der Waals surface area contributed by atoms with Crippen molar-refractivity contribution in [3.05, 3.63) is 58.0 Å². The smallest absolute Gasteiger partial charge is 0.254 e. The first-order chi connectivity index (χ1) is 9.81. The molecule has 1 aliphatic rings. The Kier molecular flexibility index (Phi) is 2.42. The third kappa shape index (κ3) is 1.72. The molecule has 4 nitrogen and oxygen atoms in total. The molecule has 1 aliphatic carbocycles. The largest absolute Gasteiger partial charge is 0.305 e. The number of rotatable bonds is 1. The van der Waals surface area contributed by atoms with Crippen molar-refractivity contribution in [1.82, 2.24) is 15.0 Å². The molecule has 2 aromatic heterocycles. The quantitative estimate of drug-likeness (QED) is 0.733. The Morgan fingerprint density at radius 1 is 1.00 bits per heavy atom. The third-order valence-corrected chi connectivity index (χ3v) is 3.78. The molecule has 1 N–H and O–H groups in total. The minimum absolute atomic E-state index is 0.0162. The molecular formula is C16H13N3O. The van der Waals surface area contributed by atoms with E-state index >= 15 is 0 Å². The van der Waals surface area contributed by atoms with Gasteiger partial charge in [0.2, 0.25) is 0 Å². The van der Waals surface area contributed by atoms with Gasteiger partial charge in [0.05, 0.1) is 11.2 Å². The van der Waals surface area contributed by atoms with Crippen LogP contribution in [-0.4, -0.2) is 15.0 Å². The highest BCUT2D eigenvalue weighted by atomic mass is 16.1. The Morgan fingerprint density at radius 3 is 2.85 bits per heavy atom. The van der Waals surface area contributed by atoms with Gasteiger partial charge in [-0.1, -0.05) is 24.3 Å². The van der Waals surface area contributed by atoms with Crippen molar-refractivity contribution < 1.29 is 0 Å². The second-order valence-electron chi connectivity index (χ2n) is 5.08. The zero-order chi connectivity index (χ0) is 13.5. The number of pyridine rings is 1. The van der Waals surface area contributed by atoms with Crippen molar-refractivity contribution in [2.24, 2.45) is 0 Å². The SMILES string of the molecule is O=c1[nH]c(-c2ccc3ccccc3n2)nc2c1CCC2. The summed E-state index contributed by atoms with van der Waals surface area (Å²) >= 11 is 0. The molecule has 0 saturated carbocycles. The summed E-state index contributed by atoms with van der Waals surface area (Å²) in [4.78, 5) is 24.1. The van der Waals surface area contributed by atoms with Crippen LogP contribution in [0.5, 0.6) is 0 Å². The Bertz CT molecular complexity index is 867. The summed E-state index contributed by atoms with van der Waals surface area (Å²) < 4.78 is 0. The van der Waals surface area contributed by atoms with Gasteiger partial charge in [0.25, 0.3) is 5.56 Å². The van der Waals surface area contributed by atoms with Gasteiger partial charge in [-0.15, -0.1) is 0 Å². The second-order valence-corrected chi connectivity index (χ2v) is 5.08. The van der Waals surface area contributed by atoms with Crippen LogP contribution in [0.1, 0.15) is 17.7 Å². The van der Waals surface area contributed by atoms with Gasteiger partial charge in [0.1, 0.15) is 5.69 Å². The van der Waals surface area contributed by atoms with Gasteiger partial charge in [-0.25, -0.2) is 9.97 Å². The molecule has 0 unspecified atom stereocenters. The molecule has 4 rings (SSSR count). The molecule has 0 atom stereocenters. The average Bonchev–Trinajstić information content (AvgIpc) is 2.96. The molecule has 0 saturated heterocycles. The molecule has 0 amide bonds. The lowest BCUT2D eigenvalue weighted by atomic mass is 10.2. The number of aromatic amines is 1. The van der Waals surface area contributed by atoms with Crippen molar-refractivity contribution in [2.75, 3.05) is 0 Å². The van der Waals surface area contributed by atoms with E-state index in [-0.39, 0.29) is 5.56 Å². The first-order valence-corrected chi connectivity index (χ1v) is 6.79. The van der Waals surface area contributed by atoms with Gasteiger partial charge in [-0.2, -0.15) is 0 Å². The Balaban J connectivity index is 1.91. The molecule has 2 heterocycles. The molecule has 4 heteroatoms. The van der Waals surface area contributed by atoms with Crippen molar-refractivity contribution in [2.45, 2.75) is 19.3 Å². The number of aromatic nitrogens is 3. The Hall–Kier alpha value is -2.49. The van der Waals surface area contributed by atoms with Crippen LogP contribution in [0.25, 0.3) is 22.4 Å². The van der Waals surface area contributed by atoms with Gasteiger partial charge in [-0.05, 0) is 31.4 Å². The fourth-order valence-corrected chi connectivity index (χ4v) is 2.76. The van der Waals surface area contributed by atoms with E-state index in [2.05, 4.69) is 15.0 Å². The number of benzene rings is 1. The van der Waals surface area contributed by atoms with Crippen molar-refractivity contribution in [1.29, 1.82) is 0 Å². The number of hydrogen-bond acceptors (Lipinski definition) is 3. The Labute approximate surface area is 115 Å². The lowest BCUT2D eigenvalue weighted by Gasteiger charge is -2.04. The maximum absolute atomic E-state index is 12.0. The predicted molar refractivity (Wildman–Crippen MR) is 77.6 cm³/mol. The molecule has 20 heavy (non-hydrogen) atoms. The first-order valence-electron chi connectivity index (χ1n) is 6.79. The summed E-state index contributed by atoms with van der Waals surface area (Å²) in [6.45, 7) is 0. The number of nitrogens with zero attached hydrogens (tertiary/aromatic N) is 2. The lowest BCUT2D eigenvalue weighted by molar-refractivity contribution is 0.899. The lowest BCUT2D eigenvalue weighted by Crippen LogP contribution is -2.15. The predicted octanol–water partition coefficient (Wildman–Crippen LogP) is 2.47. The summed E-state index contributed by atoms with van der Waals surface area (Å²) in [5.41, 5.74) is 3.38. The third-order valence-electron chi connectivity index (χ3n) is 3.78. The fraction of sp³-hybridized carbons (Fsp3) is 0.188. The number of fused-ring (bicyclic) bond motifs is 2. The maximum atomic E-state index is 12.0. The number of H-pyrrole nitrogens is 1. The molecule has 0 aliphatic heterocycles. The number of para-hydroxylation sites is 1. The van der Waals surface area contributed by atoms with Gasteiger partial charge in [0.15, 0.2) is 5.82 Å². The molecule has 1 aromatic carbocycles. The highest BCUT2D eigenvalue weighted by Gasteiger charge is 2.18. The number of aryl methyl sites for hydroxylation is 1. The van der Waals surface area contributed by atoms with Crippen molar-refractivity contribution in [3.63, 3.8) is 0 Å². The zero-order valence-electron chi connectivity index (χ0n) is 10.9. The van der Waals surface area contributed by atoms with E-state index in [1.165, 1.54) is 0 Å². The van der Waals surface area contributed by atoms with Gasteiger partial charge >= 0.3 is 0 Å². The standard InChI is InChI=1S/C16H13N3O/c20-16-11-5-3-7-13(11)18-15(19-16)14-9-8-10-4-1-2-6-12(10)17-14/h1-2,4,6,8-9H,3,5,7H2,(H,18,19,20). The topological polar surface area (TPSA) is 58.6 Å². The summed E-state index contributed by atoms with van der Waals surface area (Å²) in [6, 6.07) is 11.8. The van der Waals surface area contributed by atoms with Crippen LogP contribution < -0.4 is 5.56 Å². The van der Waals surface area contributed by atoms with Crippen molar-refractivity contribution >= 4 is 10.9 Å². The summed E-state index contributed by atoms with van der Waals surface area (Å²) in [5, 5.41) is 1.08. The fourth-order valence-electron chi connectivity index (χ4n) is 2.76. The van der Waals surface area contributed by atoms with E-state index in [4.69, 9.17) is 0 Å². The second kappa shape index (κ2) is 4.27. The summed E-state index contributed by atoms with van der Waals surface area (Å²) in [6.07, 6.45) is 2.74. The number of nitrogens with one attached hydrogen (secondary N) is 1. The maximum Gasteiger partial charge on any atom is 0.254 e. The zero-order valence-corrected chi connectivity index (χ0v) is 10.9. The molecular weight excluding hydrogens is 250 g/mol. The average molecular weight is 263 g/mol. The van der Waals surface area contributed by atoms with E-state index in [1.54, 1.807) is 0 Å². The summed E-state index contributed by atoms with van der Waals surface area (Å²) in [7, 11) is 0. The van der Waals surface area contributed by atoms with Crippen LogP contribution in [0.4, 0.5) is 0 Å². The normalized spacial score (nSPS) is 13.6. The number of hydrogen-bond donors (Lipinski definition) is 1. The van der Waals surface area contributed by atoms with Crippen LogP contribution in [0.3, 0.4) is 0 Å². The summed E-state index contributed by atoms with van der Waals surface area (Å²) in [5.74, 6) is 0.571. The van der Waals surface area contributed by atoms with Crippen LogP contribution in [0, 0.1) is 0 Å². The minimum atomic E-state index is -0.0162. The highest BCUT2D eigenvalue weighted by molar-refractivity contribution is 5.80. The molecule has 0 fully saturated rings. The molecule has 98 valence electrons. The van der Waals surface area contributed by atoms with E-state index in [1.807, 2.05) is 36.4 Å². The van der Waals surface area contributed by atoms with Gasteiger partial charge in [0, 0.05) is 10.9 Å². The van der Waals surface area contributed by atoms with Crippen LogP contribution in [0.2, 0.25) is 0 Å². The van der Waals surface area contributed by atoms with E-state index in [9.17, 15) is 4.79 Å². The monoisotopic (exact) mass is 263 g/mol. The molecule has 0 radical (unpaired) electrons. The minimum Gasteiger partial charge on any atom is -0.305 e. The highest BCUT2D eigenvalue weighted by Crippen LogP contribution is 2.21. The molecule has 0 spiro atoms. The van der Waals surface area contributed by atoms with E-state index < -0.39 is 0 Å². The molecule has 0 bridgehead atoms. The van der Waals surface area contributed by atoms with E-state index in [0.29, 0.717) is 5.82 Å². The first kappa shape index (κ1) is 11.3. The van der Waals surface area contributed by atoms with Crippen LogP contribution in [0.15, 0.2) is 41.2 Å². The van der Waals surface area contributed by atoms with Crippen LogP contribution >= 0.6 is 0 Å². The molecule has 3 aromatic rings. The Morgan fingerprint density at radius 2 is 1.90 bits per heavy atom.